The molecule has 0 amide bonds. The van der Waals surface area contributed by atoms with Gasteiger partial charge in [0.25, 0.3) is 0 Å². The van der Waals surface area contributed by atoms with Crippen LogP contribution in [0.15, 0.2) is 196 Å². The molecule has 1 aliphatic rings. The molecule has 3 aromatic heterocycles. The lowest BCUT2D eigenvalue weighted by atomic mass is 9.97. The second-order valence-corrected chi connectivity index (χ2v) is 15.6. The van der Waals surface area contributed by atoms with Crippen LogP contribution in [0.5, 0.6) is 0 Å². The van der Waals surface area contributed by atoms with Crippen molar-refractivity contribution in [3.63, 3.8) is 0 Å². The molecular weight excluding hydrogens is 717 g/mol. The van der Waals surface area contributed by atoms with E-state index in [0.29, 0.717) is 5.84 Å². The first-order chi connectivity index (χ1) is 28.2. The van der Waals surface area contributed by atoms with Gasteiger partial charge in [-0.25, -0.2) is 9.98 Å². The van der Waals surface area contributed by atoms with Crippen LogP contribution in [0.2, 0.25) is 0 Å². The summed E-state index contributed by atoms with van der Waals surface area (Å²) < 4.78 is 11.4. The Balaban J connectivity index is 0.995. The Hall–Kier alpha value is -7.28. The maximum absolute atomic E-state index is 6.46. The van der Waals surface area contributed by atoms with Crippen LogP contribution in [0.1, 0.15) is 22.9 Å². The summed E-state index contributed by atoms with van der Waals surface area (Å²) >= 11 is 1.87. The molecule has 4 heterocycles. The van der Waals surface area contributed by atoms with E-state index in [4.69, 9.17) is 14.4 Å². The monoisotopic (exact) mass is 748 g/mol. The number of rotatable bonds is 5. The third-order valence-electron chi connectivity index (χ3n) is 11.3. The number of furan rings is 1. The van der Waals surface area contributed by atoms with Gasteiger partial charge in [-0.15, -0.1) is 11.3 Å². The van der Waals surface area contributed by atoms with Crippen LogP contribution in [0, 0.1) is 0 Å². The number of hydrogen-bond acceptors (Lipinski definition) is 5. The van der Waals surface area contributed by atoms with Crippen LogP contribution in [-0.4, -0.2) is 16.2 Å². The summed E-state index contributed by atoms with van der Waals surface area (Å²) in [5.41, 5.74) is 10.7. The number of nitrogens with zero attached hydrogens (tertiary/aromatic N) is 3. The van der Waals surface area contributed by atoms with Crippen molar-refractivity contribution in [1.82, 2.24) is 9.88 Å². The van der Waals surface area contributed by atoms with Gasteiger partial charge < -0.3 is 14.3 Å². The molecule has 0 saturated carbocycles. The van der Waals surface area contributed by atoms with Gasteiger partial charge in [0.2, 0.25) is 0 Å². The fourth-order valence-electron chi connectivity index (χ4n) is 8.64. The summed E-state index contributed by atoms with van der Waals surface area (Å²) in [6.45, 7) is 0. The SMILES string of the molecule is c1ccc(C2=NC(c3ccc4oc5ccc(-c6cccc7sc8c(-n9c%10ccccc%10c%10ccccc%109)cccc8c67)cc5c4c3)NC(c3ccccc3)=N2)cc1. The Morgan fingerprint density at radius 3 is 1.95 bits per heavy atom. The van der Waals surface area contributed by atoms with Crippen molar-refractivity contribution >= 4 is 86.9 Å². The smallest absolute Gasteiger partial charge is 0.159 e. The van der Waals surface area contributed by atoms with E-state index in [9.17, 15) is 0 Å². The molecule has 1 N–H and O–H groups in total. The van der Waals surface area contributed by atoms with E-state index >= 15 is 0 Å². The highest BCUT2D eigenvalue weighted by Crippen LogP contribution is 2.45. The minimum atomic E-state index is -0.333. The predicted molar refractivity (Wildman–Crippen MR) is 238 cm³/mol. The minimum Gasteiger partial charge on any atom is -0.456 e. The number of para-hydroxylation sites is 2. The van der Waals surface area contributed by atoms with Gasteiger partial charge in [0, 0.05) is 48.1 Å². The van der Waals surface area contributed by atoms with Crippen LogP contribution in [0.3, 0.4) is 0 Å². The van der Waals surface area contributed by atoms with Crippen molar-refractivity contribution < 1.29 is 4.42 Å². The van der Waals surface area contributed by atoms with Gasteiger partial charge in [0.15, 0.2) is 5.84 Å². The molecule has 6 heteroatoms. The molecule has 1 atom stereocenters. The highest BCUT2D eigenvalue weighted by Gasteiger charge is 2.23. The molecule has 0 saturated heterocycles. The van der Waals surface area contributed by atoms with Gasteiger partial charge in [-0.3, -0.25) is 0 Å². The average molecular weight is 749 g/mol. The van der Waals surface area contributed by atoms with Crippen LogP contribution >= 0.6 is 11.3 Å². The third kappa shape index (κ3) is 5.08. The van der Waals surface area contributed by atoms with Crippen LogP contribution < -0.4 is 5.32 Å². The zero-order valence-electron chi connectivity index (χ0n) is 30.6. The summed E-state index contributed by atoms with van der Waals surface area (Å²) in [4.78, 5) is 10.1. The van der Waals surface area contributed by atoms with Gasteiger partial charge in [0.1, 0.15) is 23.2 Å². The molecule has 1 unspecified atom stereocenters. The normalized spacial score (nSPS) is 14.5. The van der Waals surface area contributed by atoms with E-state index < -0.39 is 0 Å². The first kappa shape index (κ1) is 32.0. The molecule has 0 spiro atoms. The molecule has 0 radical (unpaired) electrons. The van der Waals surface area contributed by atoms with Crippen molar-refractivity contribution in [2.45, 2.75) is 6.17 Å². The second kappa shape index (κ2) is 12.6. The lowest BCUT2D eigenvalue weighted by Gasteiger charge is -2.23. The minimum absolute atomic E-state index is 0.333. The largest absolute Gasteiger partial charge is 0.456 e. The molecule has 8 aromatic carbocycles. The highest BCUT2D eigenvalue weighted by atomic mass is 32.1. The second-order valence-electron chi connectivity index (χ2n) is 14.6. The zero-order chi connectivity index (χ0) is 37.5. The standard InChI is InChI=1S/C51H32N4OS/c1-3-13-31(14-4-1)49-52-50(32-15-5-2-6-16-32)54-51(53-49)34-26-28-45-40(30-34)39-29-33(25-27-44(39)56-45)35-19-12-24-46-47(35)38-20-11-23-43(48(38)57-46)55-41-21-9-7-17-36(41)37-18-8-10-22-42(37)55/h1-30,51H,(H,52,53,54). The fourth-order valence-corrected chi connectivity index (χ4v) is 9.88. The lowest BCUT2D eigenvalue weighted by molar-refractivity contribution is 0.663. The maximum Gasteiger partial charge on any atom is 0.159 e. The number of aliphatic imine (C=N–C) groups is 2. The van der Waals surface area contributed by atoms with Gasteiger partial charge in [-0.05, 0) is 65.2 Å². The van der Waals surface area contributed by atoms with Crippen molar-refractivity contribution in [2.24, 2.45) is 9.98 Å². The Kier molecular flexibility index (Phi) is 7.09. The third-order valence-corrected chi connectivity index (χ3v) is 12.5. The number of amidine groups is 2. The van der Waals surface area contributed by atoms with Crippen molar-refractivity contribution in [2.75, 3.05) is 0 Å². The first-order valence-electron chi connectivity index (χ1n) is 19.2. The molecule has 0 fully saturated rings. The zero-order valence-corrected chi connectivity index (χ0v) is 31.4. The maximum atomic E-state index is 6.46. The Labute approximate surface area is 331 Å². The first-order valence-corrected chi connectivity index (χ1v) is 20.0. The number of fused-ring (bicyclic) bond motifs is 9. The quantitative estimate of drug-likeness (QED) is 0.191. The van der Waals surface area contributed by atoms with Gasteiger partial charge in [-0.1, -0.05) is 133 Å². The topological polar surface area (TPSA) is 54.8 Å². The van der Waals surface area contributed by atoms with Crippen LogP contribution in [0.4, 0.5) is 0 Å². The van der Waals surface area contributed by atoms with Crippen molar-refractivity contribution in [3.8, 4) is 16.8 Å². The molecule has 1 aliphatic heterocycles. The Bertz CT molecular complexity index is 3390. The predicted octanol–water partition coefficient (Wildman–Crippen LogP) is 13.2. The van der Waals surface area contributed by atoms with E-state index in [1.54, 1.807) is 0 Å². The molecule has 5 nitrogen and oxygen atoms in total. The number of nitrogens with one attached hydrogen (secondary N) is 1. The van der Waals surface area contributed by atoms with Gasteiger partial charge in [-0.2, -0.15) is 0 Å². The summed E-state index contributed by atoms with van der Waals surface area (Å²) in [5.74, 6) is 1.50. The lowest BCUT2D eigenvalue weighted by Crippen LogP contribution is -2.33. The molecule has 0 aliphatic carbocycles. The summed E-state index contributed by atoms with van der Waals surface area (Å²) in [6, 6.07) is 64.4. The highest BCUT2D eigenvalue weighted by molar-refractivity contribution is 7.26. The summed E-state index contributed by atoms with van der Waals surface area (Å²) in [6.07, 6.45) is -0.333. The van der Waals surface area contributed by atoms with E-state index in [1.807, 2.05) is 47.7 Å². The number of hydrogen-bond donors (Lipinski definition) is 1. The van der Waals surface area contributed by atoms with Gasteiger partial charge in [0.05, 0.1) is 21.4 Å². The molecule has 12 rings (SSSR count). The molecule has 0 bridgehead atoms. The van der Waals surface area contributed by atoms with Gasteiger partial charge >= 0.3 is 0 Å². The van der Waals surface area contributed by atoms with E-state index in [0.717, 1.165) is 50.0 Å². The van der Waals surface area contributed by atoms with Crippen molar-refractivity contribution in [3.05, 3.63) is 199 Å². The number of thiophene rings is 1. The fraction of sp³-hybridized carbons (Fsp3) is 0.0196. The van der Waals surface area contributed by atoms with Crippen molar-refractivity contribution in [1.29, 1.82) is 0 Å². The Morgan fingerprint density at radius 2 is 1.18 bits per heavy atom. The van der Waals surface area contributed by atoms with E-state index in [1.165, 1.54) is 53.2 Å². The van der Waals surface area contributed by atoms with Crippen LogP contribution in [-0.2, 0) is 0 Å². The van der Waals surface area contributed by atoms with E-state index in [-0.39, 0.29) is 6.17 Å². The molecule has 57 heavy (non-hydrogen) atoms. The average Bonchev–Trinajstić information content (AvgIpc) is 3.96. The molecular formula is C51H32N4OS. The summed E-state index contributed by atoms with van der Waals surface area (Å²) in [5, 5.41) is 10.8. The summed E-state index contributed by atoms with van der Waals surface area (Å²) in [7, 11) is 0. The molecule has 11 aromatic rings. The number of aromatic nitrogens is 1. The van der Waals surface area contributed by atoms with E-state index in [2.05, 4.69) is 155 Å². The Morgan fingerprint density at radius 1 is 0.526 bits per heavy atom. The van der Waals surface area contributed by atoms with Crippen LogP contribution in [0.25, 0.3) is 80.7 Å². The molecule has 268 valence electrons. The number of benzene rings is 8.